The molecule has 0 radical (unpaired) electrons. The van der Waals surface area contributed by atoms with Gasteiger partial charge in [-0.3, -0.25) is 4.98 Å². The van der Waals surface area contributed by atoms with Crippen molar-refractivity contribution in [3.8, 4) is 22.3 Å². The van der Waals surface area contributed by atoms with E-state index in [0.717, 1.165) is 51.9 Å². The van der Waals surface area contributed by atoms with Crippen LogP contribution in [0.25, 0.3) is 33.2 Å². The second-order valence-corrected chi connectivity index (χ2v) is 9.43. The number of nitrogens with one attached hydrogen (secondary N) is 2. The summed E-state index contributed by atoms with van der Waals surface area (Å²) in [4.78, 5) is 21.0. The summed E-state index contributed by atoms with van der Waals surface area (Å²) in [7, 11) is 1.42. The van der Waals surface area contributed by atoms with E-state index in [1.54, 1.807) is 0 Å². The van der Waals surface area contributed by atoms with E-state index in [0.29, 0.717) is 16.5 Å². The number of aromatic amines is 1. The van der Waals surface area contributed by atoms with E-state index in [4.69, 9.17) is 16.3 Å². The molecule has 2 aromatic carbocycles. The van der Waals surface area contributed by atoms with Gasteiger partial charge in [0.2, 0.25) is 0 Å². The lowest BCUT2D eigenvalue weighted by Crippen LogP contribution is -2.32. The zero-order chi connectivity index (χ0) is 23.7. The fraction of sp³-hybridized carbons (Fsp3) is 0.286. The number of pyridine rings is 1. The largest absolute Gasteiger partial charge is 0.465 e. The lowest BCUT2D eigenvalue weighted by molar-refractivity contribution is 0.0603. The number of hydrogen-bond donors (Lipinski definition) is 2. The van der Waals surface area contributed by atoms with E-state index in [9.17, 15) is 4.79 Å². The molecule has 0 bridgehead atoms. The van der Waals surface area contributed by atoms with Crippen LogP contribution < -0.4 is 5.32 Å². The number of nitrogens with zero attached hydrogens (tertiary/aromatic N) is 1. The quantitative estimate of drug-likeness (QED) is 0.327. The standard InChI is InChI=1S/C28H28ClN3O2/c1-17(19-5-4-12-30-14-19)27-25(26-23(28(33)34-2)6-3-7-24(26)32-27)21-13-20(15-31-16-21)18-8-10-22(29)11-9-18/h3,6-11,13,15-17,19,30,32H,4-5,12,14H2,1-2H3. The lowest BCUT2D eigenvalue weighted by atomic mass is 9.82. The summed E-state index contributed by atoms with van der Waals surface area (Å²) in [6.07, 6.45) is 6.09. The number of carbonyl (C=O) groups excluding carboxylic acids is 1. The molecular formula is C28H28ClN3O2. The Morgan fingerprint density at radius 3 is 2.65 bits per heavy atom. The van der Waals surface area contributed by atoms with Gasteiger partial charge in [-0.2, -0.15) is 0 Å². The number of hydrogen-bond acceptors (Lipinski definition) is 4. The number of halogens is 1. The number of fused-ring (bicyclic) bond motifs is 1. The van der Waals surface area contributed by atoms with Crippen LogP contribution >= 0.6 is 11.6 Å². The van der Waals surface area contributed by atoms with Crippen LogP contribution in [0.2, 0.25) is 5.02 Å². The second-order valence-electron chi connectivity index (χ2n) is 9.00. The van der Waals surface area contributed by atoms with Crippen LogP contribution in [-0.2, 0) is 4.74 Å². The number of rotatable bonds is 5. The molecule has 0 saturated carbocycles. The highest BCUT2D eigenvalue weighted by Gasteiger charge is 2.28. The molecule has 3 heterocycles. The maximum Gasteiger partial charge on any atom is 0.338 e. The molecular weight excluding hydrogens is 446 g/mol. The van der Waals surface area contributed by atoms with E-state index in [1.807, 2.05) is 54.9 Å². The van der Waals surface area contributed by atoms with Crippen molar-refractivity contribution in [3.05, 3.63) is 77.2 Å². The molecule has 0 spiro atoms. The number of methoxy groups -OCH3 is 1. The number of piperidine rings is 1. The van der Waals surface area contributed by atoms with Gasteiger partial charge in [0.1, 0.15) is 0 Å². The highest BCUT2D eigenvalue weighted by molar-refractivity contribution is 6.30. The Labute approximate surface area is 204 Å². The summed E-state index contributed by atoms with van der Waals surface area (Å²) >= 11 is 6.10. The first-order valence-electron chi connectivity index (χ1n) is 11.7. The van der Waals surface area contributed by atoms with Crippen LogP contribution in [0.3, 0.4) is 0 Å². The first-order valence-corrected chi connectivity index (χ1v) is 12.1. The zero-order valence-corrected chi connectivity index (χ0v) is 20.2. The van der Waals surface area contributed by atoms with Crippen LogP contribution in [0, 0.1) is 5.92 Å². The van der Waals surface area contributed by atoms with Gasteiger partial charge in [-0.1, -0.05) is 36.7 Å². The molecule has 5 nitrogen and oxygen atoms in total. The Kier molecular flexibility index (Phi) is 6.40. The van der Waals surface area contributed by atoms with Crippen molar-refractivity contribution in [3.63, 3.8) is 0 Å². The predicted molar refractivity (Wildman–Crippen MR) is 137 cm³/mol. The van der Waals surface area contributed by atoms with Gasteiger partial charge in [0.25, 0.3) is 0 Å². The molecule has 1 aliphatic rings. The third-order valence-electron chi connectivity index (χ3n) is 6.96. The van der Waals surface area contributed by atoms with Gasteiger partial charge >= 0.3 is 5.97 Å². The average Bonchev–Trinajstić information content (AvgIpc) is 3.28. The van der Waals surface area contributed by atoms with E-state index < -0.39 is 0 Å². The molecule has 1 aliphatic heterocycles. The summed E-state index contributed by atoms with van der Waals surface area (Å²) in [5.74, 6) is 0.445. The summed E-state index contributed by atoms with van der Waals surface area (Å²) in [6, 6.07) is 15.7. The van der Waals surface area contributed by atoms with Gasteiger partial charge < -0.3 is 15.0 Å². The topological polar surface area (TPSA) is 67.0 Å². The van der Waals surface area contributed by atoms with Gasteiger partial charge in [-0.05, 0) is 67.7 Å². The van der Waals surface area contributed by atoms with Crippen LogP contribution in [0.1, 0.15) is 41.7 Å². The Hall–Kier alpha value is -3.15. The van der Waals surface area contributed by atoms with Gasteiger partial charge in [0.15, 0.2) is 0 Å². The highest BCUT2D eigenvalue weighted by Crippen LogP contribution is 2.42. The Bertz CT molecular complexity index is 1320. The van der Waals surface area contributed by atoms with Crippen molar-refractivity contribution < 1.29 is 9.53 Å². The molecule has 5 rings (SSSR count). The number of aromatic nitrogens is 2. The molecule has 0 aliphatic carbocycles. The molecule has 2 atom stereocenters. The maximum atomic E-state index is 12.7. The van der Waals surface area contributed by atoms with Crippen molar-refractivity contribution in [1.29, 1.82) is 0 Å². The third-order valence-corrected chi connectivity index (χ3v) is 7.21. The molecule has 174 valence electrons. The van der Waals surface area contributed by atoms with Crippen molar-refractivity contribution in [1.82, 2.24) is 15.3 Å². The normalized spacial score (nSPS) is 17.0. The maximum absolute atomic E-state index is 12.7. The minimum atomic E-state index is -0.341. The number of benzene rings is 2. The summed E-state index contributed by atoms with van der Waals surface area (Å²) < 4.78 is 5.13. The van der Waals surface area contributed by atoms with Crippen LogP contribution in [0.4, 0.5) is 0 Å². The smallest absolute Gasteiger partial charge is 0.338 e. The first kappa shape index (κ1) is 22.6. The van der Waals surface area contributed by atoms with E-state index in [-0.39, 0.29) is 11.9 Å². The van der Waals surface area contributed by atoms with Gasteiger partial charge in [-0.15, -0.1) is 0 Å². The number of ether oxygens (including phenoxy) is 1. The Morgan fingerprint density at radius 1 is 1.12 bits per heavy atom. The molecule has 2 N–H and O–H groups in total. The van der Waals surface area contributed by atoms with Crippen molar-refractivity contribution >= 4 is 28.5 Å². The van der Waals surface area contributed by atoms with Gasteiger partial charge in [0, 0.05) is 56.6 Å². The fourth-order valence-electron chi connectivity index (χ4n) is 5.11. The minimum absolute atomic E-state index is 0.278. The Balaban J connectivity index is 1.72. The zero-order valence-electron chi connectivity index (χ0n) is 19.4. The average molecular weight is 474 g/mol. The summed E-state index contributed by atoms with van der Waals surface area (Å²) in [5, 5.41) is 5.12. The monoisotopic (exact) mass is 473 g/mol. The number of H-pyrrole nitrogens is 1. The van der Waals surface area contributed by atoms with Crippen LogP contribution in [-0.4, -0.2) is 36.1 Å². The van der Waals surface area contributed by atoms with Crippen molar-refractivity contribution in [2.75, 3.05) is 20.2 Å². The predicted octanol–water partition coefficient (Wildman–Crippen LogP) is 6.44. The van der Waals surface area contributed by atoms with Gasteiger partial charge in [-0.25, -0.2) is 4.79 Å². The van der Waals surface area contributed by atoms with Crippen molar-refractivity contribution in [2.45, 2.75) is 25.7 Å². The summed E-state index contributed by atoms with van der Waals surface area (Å²) in [6.45, 7) is 4.34. The molecule has 6 heteroatoms. The van der Waals surface area contributed by atoms with Crippen LogP contribution in [0.15, 0.2) is 60.9 Å². The molecule has 34 heavy (non-hydrogen) atoms. The second kappa shape index (κ2) is 9.61. The molecule has 0 amide bonds. The first-order chi connectivity index (χ1) is 16.6. The molecule has 1 fully saturated rings. The molecule has 2 aromatic heterocycles. The fourth-order valence-corrected chi connectivity index (χ4v) is 5.23. The molecule has 2 unspecified atom stereocenters. The Morgan fingerprint density at radius 2 is 1.91 bits per heavy atom. The number of carbonyl (C=O) groups is 1. The lowest BCUT2D eigenvalue weighted by Gasteiger charge is -2.28. The highest BCUT2D eigenvalue weighted by atomic mass is 35.5. The van der Waals surface area contributed by atoms with Crippen LogP contribution in [0.5, 0.6) is 0 Å². The SMILES string of the molecule is COC(=O)c1cccc2[nH]c(C(C)C3CCCNC3)c(-c3cncc(-c4ccc(Cl)cc4)c3)c12. The van der Waals surface area contributed by atoms with Gasteiger partial charge in [0.05, 0.1) is 12.7 Å². The van der Waals surface area contributed by atoms with E-state index in [1.165, 1.54) is 20.0 Å². The summed E-state index contributed by atoms with van der Waals surface area (Å²) in [5.41, 5.74) is 6.66. The number of esters is 1. The van der Waals surface area contributed by atoms with Crippen molar-refractivity contribution in [2.24, 2.45) is 5.92 Å². The van der Waals surface area contributed by atoms with E-state index >= 15 is 0 Å². The molecule has 1 saturated heterocycles. The minimum Gasteiger partial charge on any atom is -0.465 e. The van der Waals surface area contributed by atoms with E-state index in [2.05, 4.69) is 28.3 Å². The molecule has 4 aromatic rings. The third kappa shape index (κ3) is 4.22.